The first kappa shape index (κ1) is 11.1. The molecule has 0 atom stereocenters. The molecular formula is C10H12N6O. The van der Waals surface area contributed by atoms with Crippen LogP contribution in [0.3, 0.4) is 0 Å². The highest BCUT2D eigenvalue weighted by Crippen LogP contribution is 2.19. The first-order chi connectivity index (χ1) is 8.22. The zero-order chi connectivity index (χ0) is 12.3. The monoisotopic (exact) mass is 232 g/mol. The number of hydrogen-bond acceptors (Lipinski definition) is 5. The molecule has 0 saturated heterocycles. The fourth-order valence-corrected chi connectivity index (χ4v) is 1.35. The van der Waals surface area contributed by atoms with E-state index in [2.05, 4.69) is 20.3 Å². The fraction of sp³-hybridized carbons (Fsp3) is 0.200. The van der Waals surface area contributed by atoms with Crippen molar-refractivity contribution in [2.24, 2.45) is 10.2 Å². The Hall–Kier alpha value is -2.44. The van der Waals surface area contributed by atoms with Gasteiger partial charge in [0.15, 0.2) is 11.5 Å². The lowest BCUT2D eigenvalue weighted by Gasteiger charge is -1.97. The van der Waals surface area contributed by atoms with Crippen molar-refractivity contribution in [2.45, 2.75) is 13.5 Å². The minimum Gasteiger partial charge on any atom is -0.382 e. The first-order valence-electron chi connectivity index (χ1n) is 5.12. The van der Waals surface area contributed by atoms with Crippen LogP contribution in [0.5, 0.6) is 0 Å². The predicted molar refractivity (Wildman–Crippen MR) is 63.6 cm³/mol. The number of aryl methyl sites for hydroxylation is 1. The van der Waals surface area contributed by atoms with Crippen molar-refractivity contribution in [3.8, 4) is 0 Å². The lowest BCUT2D eigenvalue weighted by molar-refractivity contribution is 0.662. The molecule has 88 valence electrons. The van der Waals surface area contributed by atoms with Crippen LogP contribution in [0.25, 0.3) is 0 Å². The Bertz CT molecular complexity index is 583. The Kier molecular flexibility index (Phi) is 2.99. The van der Waals surface area contributed by atoms with Crippen molar-refractivity contribution in [2.75, 3.05) is 5.73 Å². The number of nitrogens with one attached hydrogen (secondary N) is 1. The molecule has 0 unspecified atom stereocenters. The van der Waals surface area contributed by atoms with Gasteiger partial charge in [-0.2, -0.15) is 0 Å². The lowest BCUT2D eigenvalue weighted by atomic mass is 10.4. The van der Waals surface area contributed by atoms with Gasteiger partial charge in [-0.15, -0.1) is 10.2 Å². The Morgan fingerprint density at radius 1 is 1.53 bits per heavy atom. The molecule has 0 radical (unpaired) electrons. The van der Waals surface area contributed by atoms with Crippen LogP contribution in [-0.4, -0.2) is 14.8 Å². The van der Waals surface area contributed by atoms with Crippen LogP contribution in [-0.2, 0) is 6.54 Å². The second-order valence-corrected chi connectivity index (χ2v) is 3.33. The van der Waals surface area contributed by atoms with Crippen molar-refractivity contribution < 1.29 is 0 Å². The predicted octanol–water partition coefficient (Wildman–Crippen LogP) is 1.59. The summed E-state index contributed by atoms with van der Waals surface area (Å²) in [4.78, 5) is 15.4. The van der Waals surface area contributed by atoms with E-state index in [0.717, 1.165) is 0 Å². The largest absolute Gasteiger partial charge is 0.382 e. The highest BCUT2D eigenvalue weighted by molar-refractivity contribution is 5.56. The second-order valence-electron chi connectivity index (χ2n) is 3.33. The molecule has 7 nitrogen and oxygen atoms in total. The van der Waals surface area contributed by atoms with Crippen LogP contribution in [0.2, 0.25) is 0 Å². The Balaban J connectivity index is 2.34. The summed E-state index contributed by atoms with van der Waals surface area (Å²) in [6.45, 7) is 2.44. The fourth-order valence-electron chi connectivity index (χ4n) is 1.35. The number of azo groups is 1. The van der Waals surface area contributed by atoms with E-state index in [9.17, 15) is 4.79 Å². The standard InChI is InChI=1S/C10H12N6O/c1-2-16-9(11)8(10(17)15-16)14-13-7-4-3-5-12-6-7/h3-6H,2,11H2,1H3,(H,15,17)/b14-13+. The van der Waals surface area contributed by atoms with Gasteiger partial charge in [-0.3, -0.25) is 19.6 Å². The number of H-pyrrole nitrogens is 1. The zero-order valence-corrected chi connectivity index (χ0v) is 9.29. The van der Waals surface area contributed by atoms with Gasteiger partial charge in [-0.1, -0.05) is 0 Å². The van der Waals surface area contributed by atoms with Crippen molar-refractivity contribution in [1.82, 2.24) is 14.8 Å². The molecule has 2 rings (SSSR count). The molecule has 2 aromatic heterocycles. The summed E-state index contributed by atoms with van der Waals surface area (Å²) in [6, 6.07) is 3.47. The number of pyridine rings is 1. The van der Waals surface area contributed by atoms with Gasteiger partial charge in [-0.25, -0.2) is 0 Å². The Morgan fingerprint density at radius 2 is 2.35 bits per heavy atom. The van der Waals surface area contributed by atoms with Crippen molar-refractivity contribution in [3.63, 3.8) is 0 Å². The van der Waals surface area contributed by atoms with Crippen LogP contribution >= 0.6 is 0 Å². The second kappa shape index (κ2) is 4.60. The highest BCUT2D eigenvalue weighted by atomic mass is 16.1. The van der Waals surface area contributed by atoms with Crippen molar-refractivity contribution in [3.05, 3.63) is 34.9 Å². The van der Waals surface area contributed by atoms with E-state index < -0.39 is 0 Å². The van der Waals surface area contributed by atoms with Crippen molar-refractivity contribution in [1.29, 1.82) is 0 Å². The average molecular weight is 232 g/mol. The number of nitrogens with zero attached hydrogens (tertiary/aromatic N) is 4. The number of nitrogens with two attached hydrogens (primary N) is 1. The summed E-state index contributed by atoms with van der Waals surface area (Å²) < 4.78 is 1.51. The molecule has 0 amide bonds. The first-order valence-corrected chi connectivity index (χ1v) is 5.12. The van der Waals surface area contributed by atoms with Crippen LogP contribution in [0, 0.1) is 0 Å². The van der Waals surface area contributed by atoms with E-state index >= 15 is 0 Å². The Labute approximate surface area is 97.0 Å². The van der Waals surface area contributed by atoms with Crippen LogP contribution in [0.15, 0.2) is 39.5 Å². The van der Waals surface area contributed by atoms with E-state index in [1.165, 1.54) is 4.68 Å². The molecule has 0 aliphatic rings. The maximum Gasteiger partial charge on any atom is 0.294 e. The third-order valence-corrected chi connectivity index (χ3v) is 2.21. The van der Waals surface area contributed by atoms with Crippen LogP contribution < -0.4 is 11.3 Å². The molecule has 0 bridgehead atoms. The van der Waals surface area contributed by atoms with E-state index in [1.807, 2.05) is 6.92 Å². The summed E-state index contributed by atoms with van der Waals surface area (Å²) >= 11 is 0. The van der Waals surface area contributed by atoms with E-state index in [0.29, 0.717) is 12.2 Å². The van der Waals surface area contributed by atoms with Gasteiger partial charge in [0.1, 0.15) is 5.69 Å². The highest BCUT2D eigenvalue weighted by Gasteiger charge is 2.09. The third-order valence-electron chi connectivity index (χ3n) is 2.21. The molecule has 0 fully saturated rings. The van der Waals surface area contributed by atoms with Gasteiger partial charge in [0, 0.05) is 12.7 Å². The lowest BCUT2D eigenvalue weighted by Crippen LogP contribution is -2.05. The topological polar surface area (TPSA) is 101 Å². The van der Waals surface area contributed by atoms with Gasteiger partial charge in [0.25, 0.3) is 5.56 Å². The molecule has 0 saturated carbocycles. The van der Waals surface area contributed by atoms with E-state index in [1.54, 1.807) is 24.5 Å². The molecule has 2 aromatic rings. The molecule has 17 heavy (non-hydrogen) atoms. The summed E-state index contributed by atoms with van der Waals surface area (Å²) in [7, 11) is 0. The molecule has 0 aromatic carbocycles. The number of rotatable bonds is 3. The van der Waals surface area contributed by atoms with Crippen LogP contribution in [0.4, 0.5) is 17.2 Å². The van der Waals surface area contributed by atoms with Gasteiger partial charge >= 0.3 is 0 Å². The number of aromatic nitrogens is 3. The molecule has 7 heteroatoms. The number of anilines is 1. The number of nitrogen functional groups attached to an aromatic ring is 1. The molecule has 0 aliphatic carbocycles. The summed E-state index contributed by atoms with van der Waals surface area (Å²) in [6.07, 6.45) is 3.18. The minimum atomic E-state index is -0.350. The average Bonchev–Trinajstić information content (AvgIpc) is 2.63. The van der Waals surface area contributed by atoms with Gasteiger partial charge in [-0.05, 0) is 19.1 Å². The number of hydrogen-bond donors (Lipinski definition) is 2. The van der Waals surface area contributed by atoms with Gasteiger partial charge in [0.2, 0.25) is 0 Å². The molecular weight excluding hydrogens is 220 g/mol. The quantitative estimate of drug-likeness (QED) is 0.785. The molecule has 0 spiro atoms. The maximum absolute atomic E-state index is 11.5. The van der Waals surface area contributed by atoms with Gasteiger partial charge < -0.3 is 5.73 Å². The molecule has 3 N–H and O–H groups in total. The third kappa shape index (κ3) is 2.22. The Morgan fingerprint density at radius 3 is 2.94 bits per heavy atom. The van der Waals surface area contributed by atoms with Gasteiger partial charge in [0.05, 0.1) is 6.20 Å². The summed E-state index contributed by atoms with van der Waals surface area (Å²) in [5.41, 5.74) is 6.08. The molecule has 2 heterocycles. The normalized spacial score (nSPS) is 11.1. The SMILES string of the molecule is CCn1[nH]c(=O)c(/N=N/c2cccnc2)c1N. The summed E-state index contributed by atoms with van der Waals surface area (Å²) in [5.74, 6) is 0.283. The smallest absolute Gasteiger partial charge is 0.294 e. The van der Waals surface area contributed by atoms with Crippen LogP contribution in [0.1, 0.15) is 6.92 Å². The summed E-state index contributed by atoms with van der Waals surface area (Å²) in [5, 5.41) is 10.3. The maximum atomic E-state index is 11.5. The number of aromatic amines is 1. The zero-order valence-electron chi connectivity index (χ0n) is 9.29. The van der Waals surface area contributed by atoms with E-state index in [4.69, 9.17) is 5.73 Å². The minimum absolute atomic E-state index is 0.121. The molecule has 0 aliphatic heterocycles. The van der Waals surface area contributed by atoms with E-state index in [-0.39, 0.29) is 17.1 Å². The van der Waals surface area contributed by atoms with Crippen molar-refractivity contribution >= 4 is 17.2 Å².